The number of hydrogen-bond donors (Lipinski definition) is 0. The zero-order chi connectivity index (χ0) is 10.2. The molecule has 0 N–H and O–H groups in total. The molecule has 0 fully saturated rings. The van der Waals surface area contributed by atoms with Gasteiger partial charge in [-0.3, -0.25) is 0 Å². The van der Waals surface area contributed by atoms with E-state index in [-0.39, 0.29) is 30.7 Å². The number of hydrogen-bond acceptors (Lipinski definition) is 0. The summed E-state index contributed by atoms with van der Waals surface area (Å²) in [4.78, 5) is 0. The van der Waals surface area contributed by atoms with E-state index in [1.54, 1.807) is 0 Å². The predicted molar refractivity (Wildman–Crippen MR) is 56.3 cm³/mol. The highest BCUT2D eigenvalue weighted by Gasteiger charge is 2.18. The fraction of sp³-hybridized carbons (Fsp3) is 0.143. The standard InChI is InChI=1S/C7H2Cl5F/c8-3-2(1-13)4(9)6(11)7(12)5(3)10/h1H2. The van der Waals surface area contributed by atoms with Crippen molar-refractivity contribution >= 4 is 58.0 Å². The second-order valence-electron chi connectivity index (χ2n) is 2.18. The average molecular weight is 282 g/mol. The minimum atomic E-state index is -0.839. The van der Waals surface area contributed by atoms with Gasteiger partial charge in [-0.25, -0.2) is 4.39 Å². The Morgan fingerprint density at radius 2 is 1.00 bits per heavy atom. The van der Waals surface area contributed by atoms with E-state index in [1.165, 1.54) is 0 Å². The zero-order valence-corrected chi connectivity index (χ0v) is 9.75. The lowest BCUT2D eigenvalue weighted by molar-refractivity contribution is 0.485. The number of benzene rings is 1. The molecule has 1 rings (SSSR count). The Labute approximate surface area is 99.5 Å². The Hall–Kier alpha value is 0.600. The van der Waals surface area contributed by atoms with E-state index < -0.39 is 6.67 Å². The van der Waals surface area contributed by atoms with Crippen molar-refractivity contribution in [2.24, 2.45) is 0 Å². The van der Waals surface area contributed by atoms with E-state index in [4.69, 9.17) is 58.0 Å². The van der Waals surface area contributed by atoms with Crippen LogP contribution in [-0.2, 0) is 6.67 Å². The molecule has 0 saturated carbocycles. The molecule has 0 aromatic heterocycles. The van der Waals surface area contributed by atoms with Crippen molar-refractivity contribution in [1.82, 2.24) is 0 Å². The third-order valence-electron chi connectivity index (χ3n) is 1.43. The van der Waals surface area contributed by atoms with Gasteiger partial charge < -0.3 is 0 Å². The third-order valence-corrected chi connectivity index (χ3v) is 3.79. The molecule has 0 radical (unpaired) electrons. The van der Waals surface area contributed by atoms with Crippen LogP contribution < -0.4 is 0 Å². The summed E-state index contributed by atoms with van der Waals surface area (Å²) in [5.74, 6) is 0. The van der Waals surface area contributed by atoms with E-state index in [9.17, 15) is 4.39 Å². The maximum atomic E-state index is 12.4. The summed E-state index contributed by atoms with van der Waals surface area (Å²) in [6.45, 7) is -0.839. The Morgan fingerprint density at radius 3 is 1.31 bits per heavy atom. The van der Waals surface area contributed by atoms with Crippen LogP contribution in [-0.4, -0.2) is 0 Å². The van der Waals surface area contributed by atoms with E-state index in [1.807, 2.05) is 0 Å². The maximum absolute atomic E-state index is 12.4. The van der Waals surface area contributed by atoms with Gasteiger partial charge in [-0.15, -0.1) is 0 Å². The fourth-order valence-corrected chi connectivity index (χ4v) is 2.05. The van der Waals surface area contributed by atoms with Gasteiger partial charge in [0.05, 0.1) is 25.1 Å². The molecule has 13 heavy (non-hydrogen) atoms. The minimum absolute atomic E-state index is 0.00330. The number of rotatable bonds is 1. The van der Waals surface area contributed by atoms with Crippen molar-refractivity contribution in [3.05, 3.63) is 30.7 Å². The lowest BCUT2D eigenvalue weighted by Gasteiger charge is -2.08. The first-order valence-corrected chi connectivity index (χ1v) is 4.96. The Balaban J connectivity index is 3.56. The molecule has 0 bridgehead atoms. The van der Waals surface area contributed by atoms with E-state index in [0.29, 0.717) is 0 Å². The molecule has 6 heteroatoms. The third kappa shape index (κ3) is 2.00. The van der Waals surface area contributed by atoms with Gasteiger partial charge in [-0.2, -0.15) is 0 Å². The van der Waals surface area contributed by atoms with E-state index >= 15 is 0 Å². The van der Waals surface area contributed by atoms with Gasteiger partial charge in [-0.1, -0.05) is 58.0 Å². The lowest BCUT2D eigenvalue weighted by Crippen LogP contribution is -1.87. The molecule has 0 atom stereocenters. The van der Waals surface area contributed by atoms with Crippen LogP contribution in [0.3, 0.4) is 0 Å². The van der Waals surface area contributed by atoms with Gasteiger partial charge in [0.2, 0.25) is 0 Å². The van der Waals surface area contributed by atoms with Crippen molar-refractivity contribution in [2.75, 3.05) is 0 Å². The topological polar surface area (TPSA) is 0 Å². The Morgan fingerprint density at radius 1 is 0.692 bits per heavy atom. The molecule has 0 aliphatic carbocycles. The van der Waals surface area contributed by atoms with Crippen LogP contribution in [0.5, 0.6) is 0 Å². The molecule has 0 nitrogen and oxygen atoms in total. The van der Waals surface area contributed by atoms with Crippen molar-refractivity contribution in [2.45, 2.75) is 6.67 Å². The molecule has 0 unspecified atom stereocenters. The molecule has 1 aromatic carbocycles. The van der Waals surface area contributed by atoms with Crippen LogP contribution in [0.2, 0.25) is 25.1 Å². The van der Waals surface area contributed by atoms with Gasteiger partial charge in [0.1, 0.15) is 6.67 Å². The summed E-state index contributed by atoms with van der Waals surface area (Å²) in [5.41, 5.74) is 0.0581. The molecular formula is C7H2Cl5F. The highest BCUT2D eigenvalue weighted by atomic mass is 35.5. The van der Waals surface area contributed by atoms with Gasteiger partial charge in [-0.05, 0) is 0 Å². The molecule has 1 aromatic rings. The molecular weight excluding hydrogens is 280 g/mol. The molecule has 0 heterocycles. The summed E-state index contributed by atoms with van der Waals surface area (Å²) < 4.78 is 12.4. The van der Waals surface area contributed by atoms with Crippen molar-refractivity contribution in [1.29, 1.82) is 0 Å². The van der Waals surface area contributed by atoms with Gasteiger partial charge in [0.15, 0.2) is 0 Å². The first kappa shape index (κ1) is 11.7. The van der Waals surface area contributed by atoms with Gasteiger partial charge >= 0.3 is 0 Å². The second-order valence-corrected chi connectivity index (χ2v) is 4.07. The Kier molecular flexibility index (Phi) is 3.96. The van der Waals surface area contributed by atoms with Crippen LogP contribution in [0.4, 0.5) is 4.39 Å². The minimum Gasteiger partial charge on any atom is -0.246 e. The van der Waals surface area contributed by atoms with E-state index in [2.05, 4.69) is 0 Å². The molecule has 72 valence electrons. The summed E-state index contributed by atoms with van der Waals surface area (Å²) in [6, 6.07) is 0. The quantitative estimate of drug-likeness (QED) is 0.476. The summed E-state index contributed by atoms with van der Waals surface area (Å²) in [6.07, 6.45) is 0. The smallest absolute Gasteiger partial charge is 0.117 e. The van der Waals surface area contributed by atoms with Crippen LogP contribution in [0.15, 0.2) is 0 Å². The van der Waals surface area contributed by atoms with Crippen molar-refractivity contribution in [3.8, 4) is 0 Å². The first-order valence-electron chi connectivity index (χ1n) is 3.07. The maximum Gasteiger partial charge on any atom is 0.117 e. The van der Waals surface area contributed by atoms with Crippen LogP contribution >= 0.6 is 58.0 Å². The van der Waals surface area contributed by atoms with Crippen LogP contribution in [0.1, 0.15) is 5.56 Å². The molecule has 0 aliphatic heterocycles. The summed E-state index contributed by atoms with van der Waals surface area (Å²) >= 11 is 28.3. The summed E-state index contributed by atoms with van der Waals surface area (Å²) in [5, 5.41) is 0.0819. The zero-order valence-electron chi connectivity index (χ0n) is 5.97. The largest absolute Gasteiger partial charge is 0.246 e. The predicted octanol–water partition coefficient (Wildman–Crippen LogP) is 5.42. The summed E-state index contributed by atoms with van der Waals surface area (Å²) in [7, 11) is 0. The SMILES string of the molecule is FCc1c(Cl)c(Cl)c(Cl)c(Cl)c1Cl. The van der Waals surface area contributed by atoms with Gasteiger partial charge in [0, 0.05) is 5.56 Å². The molecule has 0 saturated heterocycles. The number of halogens is 6. The number of alkyl halides is 1. The van der Waals surface area contributed by atoms with Gasteiger partial charge in [0.25, 0.3) is 0 Å². The highest BCUT2D eigenvalue weighted by Crippen LogP contribution is 2.43. The van der Waals surface area contributed by atoms with Crippen molar-refractivity contribution in [3.63, 3.8) is 0 Å². The van der Waals surface area contributed by atoms with Crippen molar-refractivity contribution < 1.29 is 4.39 Å². The first-order chi connectivity index (χ1) is 6.00. The normalized spacial score (nSPS) is 10.6. The molecule has 0 amide bonds. The monoisotopic (exact) mass is 280 g/mol. The second kappa shape index (κ2) is 4.41. The van der Waals surface area contributed by atoms with Crippen LogP contribution in [0.25, 0.3) is 0 Å². The Bertz CT molecular complexity index is 320. The highest BCUT2D eigenvalue weighted by molar-refractivity contribution is 6.55. The average Bonchev–Trinajstić information content (AvgIpc) is 2.13. The molecule has 0 spiro atoms. The lowest BCUT2D eigenvalue weighted by atomic mass is 10.2. The molecule has 0 aliphatic rings. The fourth-order valence-electron chi connectivity index (χ4n) is 0.768. The van der Waals surface area contributed by atoms with E-state index in [0.717, 1.165) is 0 Å². The van der Waals surface area contributed by atoms with Crippen LogP contribution in [0, 0.1) is 0 Å².